The fraction of sp³-hybridized carbons (Fsp3) is 0.150. The maximum Gasteiger partial charge on any atom is 0.335 e. The van der Waals surface area contributed by atoms with Crippen LogP contribution in [0.15, 0.2) is 49.1 Å². The SMILES string of the molecule is Cc1ccc(-n2ccnc2)cc1C(=O)c1c(C)cc(C(=O)O)cc1C. The Morgan fingerprint density at radius 3 is 2.24 bits per heavy atom. The highest BCUT2D eigenvalue weighted by Crippen LogP contribution is 2.24. The molecule has 2 aromatic carbocycles. The molecule has 5 nitrogen and oxygen atoms in total. The summed E-state index contributed by atoms with van der Waals surface area (Å²) in [4.78, 5) is 28.4. The highest BCUT2D eigenvalue weighted by Gasteiger charge is 2.19. The van der Waals surface area contributed by atoms with E-state index in [0.29, 0.717) is 22.3 Å². The number of aromatic carboxylic acids is 1. The molecule has 0 aliphatic heterocycles. The van der Waals surface area contributed by atoms with Crippen LogP contribution in [0.3, 0.4) is 0 Å². The first-order valence-corrected chi connectivity index (χ1v) is 7.86. The summed E-state index contributed by atoms with van der Waals surface area (Å²) in [6.45, 7) is 5.42. The van der Waals surface area contributed by atoms with Crippen molar-refractivity contribution in [3.8, 4) is 5.69 Å². The highest BCUT2D eigenvalue weighted by molar-refractivity contribution is 6.12. The molecule has 0 saturated carbocycles. The summed E-state index contributed by atoms with van der Waals surface area (Å²) in [5, 5.41) is 9.17. The van der Waals surface area contributed by atoms with Gasteiger partial charge >= 0.3 is 5.97 Å². The van der Waals surface area contributed by atoms with Crippen LogP contribution >= 0.6 is 0 Å². The number of carbonyl (C=O) groups excluding carboxylic acids is 1. The van der Waals surface area contributed by atoms with E-state index in [1.54, 1.807) is 26.4 Å². The van der Waals surface area contributed by atoms with Gasteiger partial charge in [0.05, 0.1) is 11.9 Å². The van der Waals surface area contributed by atoms with E-state index in [2.05, 4.69) is 4.98 Å². The van der Waals surface area contributed by atoms with Crippen LogP contribution in [0.4, 0.5) is 0 Å². The number of carbonyl (C=O) groups is 2. The van der Waals surface area contributed by atoms with Crippen molar-refractivity contribution in [1.82, 2.24) is 9.55 Å². The highest BCUT2D eigenvalue weighted by atomic mass is 16.4. The van der Waals surface area contributed by atoms with Gasteiger partial charge in [-0.25, -0.2) is 9.78 Å². The molecule has 0 bridgehead atoms. The Labute approximate surface area is 145 Å². The topological polar surface area (TPSA) is 72.2 Å². The van der Waals surface area contributed by atoms with Crippen molar-refractivity contribution in [2.45, 2.75) is 20.8 Å². The van der Waals surface area contributed by atoms with Gasteiger partial charge in [0.2, 0.25) is 0 Å². The third-order valence-corrected chi connectivity index (χ3v) is 4.28. The second kappa shape index (κ2) is 6.36. The number of ketones is 1. The van der Waals surface area contributed by atoms with Gasteiger partial charge in [-0.1, -0.05) is 6.07 Å². The van der Waals surface area contributed by atoms with E-state index >= 15 is 0 Å². The molecule has 25 heavy (non-hydrogen) atoms. The Morgan fingerprint density at radius 1 is 1.00 bits per heavy atom. The molecule has 0 aliphatic rings. The normalized spacial score (nSPS) is 10.7. The Kier molecular flexibility index (Phi) is 4.23. The molecule has 3 aromatic rings. The van der Waals surface area contributed by atoms with Crippen LogP contribution in [0.25, 0.3) is 5.69 Å². The first-order chi connectivity index (χ1) is 11.9. The molecule has 1 N–H and O–H groups in total. The molecule has 3 rings (SSSR count). The summed E-state index contributed by atoms with van der Waals surface area (Å²) in [5.41, 5.74) is 4.38. The van der Waals surface area contributed by atoms with Crippen LogP contribution in [0.2, 0.25) is 0 Å². The number of carboxylic acids is 1. The molecule has 126 valence electrons. The summed E-state index contributed by atoms with van der Waals surface area (Å²) < 4.78 is 1.84. The summed E-state index contributed by atoms with van der Waals surface area (Å²) in [6.07, 6.45) is 5.18. The van der Waals surface area contributed by atoms with Crippen molar-refractivity contribution < 1.29 is 14.7 Å². The van der Waals surface area contributed by atoms with Crippen LogP contribution in [0, 0.1) is 20.8 Å². The van der Waals surface area contributed by atoms with Crippen molar-refractivity contribution in [2.24, 2.45) is 0 Å². The lowest BCUT2D eigenvalue weighted by Crippen LogP contribution is -2.11. The number of benzene rings is 2. The Morgan fingerprint density at radius 2 is 1.68 bits per heavy atom. The van der Waals surface area contributed by atoms with Gasteiger partial charge in [-0.2, -0.15) is 0 Å². The van der Waals surface area contributed by atoms with Crippen LogP contribution in [0.5, 0.6) is 0 Å². The molecule has 0 fully saturated rings. The number of aryl methyl sites for hydroxylation is 3. The maximum atomic E-state index is 13.1. The Balaban J connectivity index is 2.10. The molecule has 0 amide bonds. The zero-order chi connectivity index (χ0) is 18.1. The largest absolute Gasteiger partial charge is 0.478 e. The van der Waals surface area contributed by atoms with Gasteiger partial charge in [-0.15, -0.1) is 0 Å². The van der Waals surface area contributed by atoms with E-state index < -0.39 is 5.97 Å². The Hall–Kier alpha value is -3.21. The monoisotopic (exact) mass is 334 g/mol. The predicted molar refractivity (Wildman–Crippen MR) is 94.6 cm³/mol. The van der Waals surface area contributed by atoms with Gasteiger partial charge < -0.3 is 9.67 Å². The second-order valence-electron chi connectivity index (χ2n) is 6.09. The average molecular weight is 334 g/mol. The fourth-order valence-electron chi connectivity index (χ4n) is 3.01. The number of hydrogen-bond donors (Lipinski definition) is 1. The third kappa shape index (κ3) is 3.08. The second-order valence-corrected chi connectivity index (χ2v) is 6.09. The molecule has 5 heteroatoms. The first kappa shape index (κ1) is 16.6. The van der Waals surface area contributed by atoms with Crippen LogP contribution in [-0.2, 0) is 0 Å². The van der Waals surface area contributed by atoms with Crippen LogP contribution in [-0.4, -0.2) is 26.4 Å². The lowest BCUT2D eigenvalue weighted by atomic mass is 9.91. The molecule has 0 aliphatic carbocycles. The number of rotatable bonds is 4. The number of nitrogens with zero attached hydrogens (tertiary/aromatic N) is 2. The molecule has 0 atom stereocenters. The summed E-state index contributed by atoms with van der Waals surface area (Å²) in [6, 6.07) is 8.75. The van der Waals surface area contributed by atoms with E-state index in [9.17, 15) is 14.7 Å². The fourth-order valence-corrected chi connectivity index (χ4v) is 3.01. The van der Waals surface area contributed by atoms with Crippen molar-refractivity contribution in [2.75, 3.05) is 0 Å². The molecular formula is C20H18N2O3. The lowest BCUT2D eigenvalue weighted by Gasteiger charge is -2.13. The predicted octanol–water partition coefficient (Wildman–Crippen LogP) is 3.73. The minimum atomic E-state index is -0.997. The van der Waals surface area contributed by atoms with Gasteiger partial charge in [0, 0.05) is 29.2 Å². The van der Waals surface area contributed by atoms with Gasteiger partial charge in [0.15, 0.2) is 5.78 Å². The van der Waals surface area contributed by atoms with Gasteiger partial charge in [-0.3, -0.25) is 4.79 Å². The first-order valence-electron chi connectivity index (χ1n) is 7.86. The van der Waals surface area contributed by atoms with Gasteiger partial charge in [0.25, 0.3) is 0 Å². The zero-order valence-corrected chi connectivity index (χ0v) is 14.3. The minimum Gasteiger partial charge on any atom is -0.478 e. The number of hydrogen-bond acceptors (Lipinski definition) is 3. The van der Waals surface area contributed by atoms with E-state index in [-0.39, 0.29) is 11.3 Å². The lowest BCUT2D eigenvalue weighted by molar-refractivity contribution is 0.0696. The number of imidazole rings is 1. The summed E-state index contributed by atoms with van der Waals surface area (Å²) in [5.74, 6) is -1.10. The summed E-state index contributed by atoms with van der Waals surface area (Å²) >= 11 is 0. The van der Waals surface area contributed by atoms with E-state index in [0.717, 1.165) is 11.3 Å². The average Bonchev–Trinajstić information content (AvgIpc) is 3.08. The third-order valence-electron chi connectivity index (χ3n) is 4.28. The van der Waals surface area contributed by atoms with Crippen molar-refractivity contribution in [3.63, 3.8) is 0 Å². The van der Waals surface area contributed by atoms with Crippen LogP contribution < -0.4 is 0 Å². The van der Waals surface area contributed by atoms with Crippen molar-refractivity contribution in [1.29, 1.82) is 0 Å². The molecule has 0 unspecified atom stereocenters. The van der Waals surface area contributed by atoms with E-state index in [1.807, 2.05) is 35.9 Å². The molecule has 0 spiro atoms. The molecule has 1 heterocycles. The number of carboxylic acid groups (broad SMARTS) is 1. The van der Waals surface area contributed by atoms with Gasteiger partial charge in [-0.05, 0) is 61.7 Å². The molecular weight excluding hydrogens is 316 g/mol. The summed E-state index contributed by atoms with van der Waals surface area (Å²) in [7, 11) is 0. The van der Waals surface area contributed by atoms with E-state index in [4.69, 9.17) is 0 Å². The molecule has 0 saturated heterocycles. The maximum absolute atomic E-state index is 13.1. The Bertz CT molecular complexity index is 950. The molecule has 0 radical (unpaired) electrons. The van der Waals surface area contributed by atoms with E-state index in [1.165, 1.54) is 12.1 Å². The standard InChI is InChI=1S/C20H18N2O3/c1-12-4-5-16(22-7-6-21-11-22)10-17(12)19(23)18-13(2)8-15(20(24)25)9-14(18)3/h4-11H,1-3H3,(H,24,25). The van der Waals surface area contributed by atoms with Crippen molar-refractivity contribution >= 4 is 11.8 Å². The van der Waals surface area contributed by atoms with Crippen LogP contribution in [0.1, 0.15) is 43.0 Å². The quantitative estimate of drug-likeness (QED) is 0.738. The van der Waals surface area contributed by atoms with Crippen molar-refractivity contribution in [3.05, 3.63) is 82.4 Å². The number of aromatic nitrogens is 2. The smallest absolute Gasteiger partial charge is 0.335 e. The molecule has 1 aromatic heterocycles. The minimum absolute atomic E-state index is 0.105. The zero-order valence-electron chi connectivity index (χ0n) is 14.3. The van der Waals surface area contributed by atoms with Gasteiger partial charge in [0.1, 0.15) is 0 Å².